The van der Waals surface area contributed by atoms with Crippen LogP contribution in [0.5, 0.6) is 0 Å². The molecule has 128 valence electrons. The van der Waals surface area contributed by atoms with Crippen LogP contribution in [0, 0.1) is 11.3 Å². The van der Waals surface area contributed by atoms with Crippen LogP contribution in [0.1, 0.15) is 33.3 Å². The quantitative estimate of drug-likeness (QED) is 0.797. The number of methoxy groups -OCH3 is 1. The van der Waals surface area contributed by atoms with E-state index in [0.29, 0.717) is 24.3 Å². The molecule has 1 aliphatic rings. The summed E-state index contributed by atoms with van der Waals surface area (Å²) in [5.74, 6) is -0.386. The number of esters is 1. The zero-order valence-corrected chi connectivity index (χ0v) is 14.0. The topological polar surface area (TPSA) is 75.4 Å². The maximum Gasteiger partial charge on any atom is 0.339 e. The number of aromatic nitrogens is 1. The van der Waals surface area contributed by atoms with Gasteiger partial charge in [-0.25, -0.2) is 4.79 Å². The van der Waals surface area contributed by atoms with Gasteiger partial charge in [-0.15, -0.1) is 0 Å². The number of morpholine rings is 1. The van der Waals surface area contributed by atoms with E-state index in [9.17, 15) is 4.79 Å². The summed E-state index contributed by atoms with van der Waals surface area (Å²) in [6.07, 6.45) is 1.48. The summed E-state index contributed by atoms with van der Waals surface area (Å²) in [7, 11) is 1.35. The lowest BCUT2D eigenvalue weighted by Crippen LogP contribution is -2.38. The molecule has 0 amide bonds. The first kappa shape index (κ1) is 17.1. The van der Waals surface area contributed by atoms with Crippen LogP contribution < -0.4 is 0 Å². The van der Waals surface area contributed by atoms with Gasteiger partial charge in [0.1, 0.15) is 0 Å². The van der Waals surface area contributed by atoms with Gasteiger partial charge in [0.25, 0.3) is 0 Å². The number of carbonyl (C=O) groups excluding carboxylic acids is 1. The Morgan fingerprint density at radius 3 is 3.04 bits per heavy atom. The lowest BCUT2D eigenvalue weighted by atomic mass is 10.0. The molecule has 0 saturated carbocycles. The minimum Gasteiger partial charge on any atom is -0.465 e. The van der Waals surface area contributed by atoms with Crippen LogP contribution in [-0.4, -0.2) is 42.7 Å². The van der Waals surface area contributed by atoms with E-state index in [-0.39, 0.29) is 12.1 Å². The third-order valence-corrected chi connectivity index (χ3v) is 4.17. The molecule has 6 nitrogen and oxygen atoms in total. The minimum atomic E-state index is -0.386. The fraction of sp³-hybridized carbons (Fsp3) is 0.316. The van der Waals surface area contributed by atoms with E-state index in [0.717, 1.165) is 24.3 Å². The number of hydrogen-bond acceptors (Lipinski definition) is 6. The first-order valence-corrected chi connectivity index (χ1v) is 8.07. The lowest BCUT2D eigenvalue weighted by molar-refractivity contribution is -0.0332. The van der Waals surface area contributed by atoms with Crippen molar-refractivity contribution in [2.24, 2.45) is 0 Å². The molecule has 1 saturated heterocycles. The molecule has 25 heavy (non-hydrogen) atoms. The van der Waals surface area contributed by atoms with Gasteiger partial charge in [0, 0.05) is 25.8 Å². The monoisotopic (exact) mass is 337 g/mol. The normalized spacial score (nSPS) is 17.7. The molecule has 1 aromatic carbocycles. The number of carbonyl (C=O) groups is 1. The molecular formula is C19H19N3O3. The number of rotatable bonds is 4. The summed E-state index contributed by atoms with van der Waals surface area (Å²) in [6.45, 7) is 2.85. The smallest absolute Gasteiger partial charge is 0.339 e. The minimum absolute atomic E-state index is 0.0589. The van der Waals surface area contributed by atoms with E-state index in [2.05, 4.69) is 20.7 Å². The summed E-state index contributed by atoms with van der Waals surface area (Å²) in [5.41, 5.74) is 2.98. The Balaban J connectivity index is 1.65. The molecule has 1 aliphatic heterocycles. The Labute approximate surface area is 146 Å². The predicted molar refractivity (Wildman–Crippen MR) is 90.7 cm³/mol. The van der Waals surface area contributed by atoms with E-state index >= 15 is 0 Å². The van der Waals surface area contributed by atoms with Gasteiger partial charge < -0.3 is 9.47 Å². The molecule has 2 aromatic rings. The largest absolute Gasteiger partial charge is 0.465 e. The summed E-state index contributed by atoms with van der Waals surface area (Å²) >= 11 is 0. The fourth-order valence-corrected chi connectivity index (χ4v) is 2.84. The van der Waals surface area contributed by atoms with Gasteiger partial charge in [-0.05, 0) is 29.8 Å². The Morgan fingerprint density at radius 1 is 1.44 bits per heavy atom. The van der Waals surface area contributed by atoms with Gasteiger partial charge in [-0.1, -0.05) is 12.1 Å². The van der Waals surface area contributed by atoms with Gasteiger partial charge in [0.05, 0.1) is 42.7 Å². The van der Waals surface area contributed by atoms with Crippen molar-refractivity contribution in [3.8, 4) is 6.07 Å². The number of nitriles is 1. The van der Waals surface area contributed by atoms with E-state index < -0.39 is 0 Å². The molecule has 0 bridgehead atoms. The summed E-state index contributed by atoms with van der Waals surface area (Å²) < 4.78 is 10.5. The van der Waals surface area contributed by atoms with Crippen LogP contribution in [0.25, 0.3) is 0 Å². The second-order valence-corrected chi connectivity index (χ2v) is 5.86. The number of pyridine rings is 1. The first-order valence-electron chi connectivity index (χ1n) is 8.07. The molecule has 0 spiro atoms. The predicted octanol–water partition coefficient (Wildman–Crippen LogP) is 2.31. The molecule has 6 heteroatoms. The zero-order chi connectivity index (χ0) is 17.6. The lowest BCUT2D eigenvalue weighted by Gasteiger charge is -2.33. The van der Waals surface area contributed by atoms with Crippen molar-refractivity contribution in [3.05, 3.63) is 65.0 Å². The van der Waals surface area contributed by atoms with Gasteiger partial charge in [0.2, 0.25) is 0 Å². The molecule has 0 radical (unpaired) electrons. The third kappa shape index (κ3) is 4.21. The van der Waals surface area contributed by atoms with Gasteiger partial charge in [-0.2, -0.15) is 5.26 Å². The first-order chi connectivity index (χ1) is 12.2. The van der Waals surface area contributed by atoms with Crippen molar-refractivity contribution in [1.29, 1.82) is 5.26 Å². The molecule has 1 unspecified atom stereocenters. The van der Waals surface area contributed by atoms with Gasteiger partial charge in [-0.3, -0.25) is 9.88 Å². The second kappa shape index (κ2) is 7.88. The van der Waals surface area contributed by atoms with Crippen LogP contribution >= 0.6 is 0 Å². The Bertz CT molecular complexity index is 783. The molecule has 1 aromatic heterocycles. The molecule has 1 fully saturated rings. The molecule has 0 aliphatic carbocycles. The van der Waals surface area contributed by atoms with Crippen LogP contribution in [0.2, 0.25) is 0 Å². The van der Waals surface area contributed by atoms with Crippen molar-refractivity contribution < 1.29 is 14.3 Å². The fourth-order valence-electron chi connectivity index (χ4n) is 2.84. The maximum atomic E-state index is 11.5. The van der Waals surface area contributed by atoms with E-state index in [1.165, 1.54) is 13.3 Å². The van der Waals surface area contributed by atoms with Crippen LogP contribution in [0.15, 0.2) is 42.6 Å². The molecule has 0 N–H and O–H groups in total. The highest BCUT2D eigenvalue weighted by molar-refractivity contribution is 5.88. The van der Waals surface area contributed by atoms with Crippen molar-refractivity contribution in [3.63, 3.8) is 0 Å². The molecule has 3 rings (SSSR count). The Hall–Kier alpha value is -2.75. The zero-order valence-electron chi connectivity index (χ0n) is 14.0. The average molecular weight is 337 g/mol. The Morgan fingerprint density at radius 2 is 2.32 bits per heavy atom. The molecule has 1 atom stereocenters. The Kier molecular flexibility index (Phi) is 5.39. The highest BCUT2D eigenvalue weighted by atomic mass is 16.5. The summed E-state index contributed by atoms with van der Waals surface area (Å²) in [5, 5.41) is 9.04. The number of ether oxygens (including phenoxy) is 2. The highest BCUT2D eigenvalue weighted by Crippen LogP contribution is 2.23. The number of hydrogen-bond donors (Lipinski definition) is 0. The number of benzene rings is 1. The average Bonchev–Trinajstić information content (AvgIpc) is 2.68. The van der Waals surface area contributed by atoms with E-state index in [1.54, 1.807) is 12.1 Å². The highest BCUT2D eigenvalue weighted by Gasteiger charge is 2.22. The standard InChI is InChI=1S/C19H19N3O3/c1-24-19(23)16-5-6-17(21-11-16)12-22-7-8-25-18(13-22)15-4-2-3-14(9-15)10-20/h2-6,9,11,18H,7-8,12-13H2,1H3. The summed E-state index contributed by atoms with van der Waals surface area (Å²) in [4.78, 5) is 18.1. The van der Waals surface area contributed by atoms with Crippen molar-refractivity contribution >= 4 is 5.97 Å². The molecule has 2 heterocycles. The summed E-state index contributed by atoms with van der Waals surface area (Å²) in [6, 6.07) is 13.2. The third-order valence-electron chi connectivity index (χ3n) is 4.17. The van der Waals surface area contributed by atoms with Crippen LogP contribution in [0.4, 0.5) is 0 Å². The molecular weight excluding hydrogens is 318 g/mol. The van der Waals surface area contributed by atoms with Crippen molar-refractivity contribution in [2.75, 3.05) is 26.8 Å². The van der Waals surface area contributed by atoms with Crippen LogP contribution in [0.3, 0.4) is 0 Å². The van der Waals surface area contributed by atoms with Gasteiger partial charge in [0.15, 0.2) is 0 Å². The number of nitrogens with zero attached hydrogens (tertiary/aromatic N) is 3. The van der Waals surface area contributed by atoms with Crippen molar-refractivity contribution in [1.82, 2.24) is 9.88 Å². The SMILES string of the molecule is COC(=O)c1ccc(CN2CCOC(c3cccc(C#N)c3)C2)nc1. The van der Waals surface area contributed by atoms with Gasteiger partial charge >= 0.3 is 5.97 Å². The maximum absolute atomic E-state index is 11.5. The van der Waals surface area contributed by atoms with E-state index in [4.69, 9.17) is 10.00 Å². The second-order valence-electron chi connectivity index (χ2n) is 5.86. The van der Waals surface area contributed by atoms with E-state index in [1.807, 2.05) is 24.3 Å². The van der Waals surface area contributed by atoms with Crippen molar-refractivity contribution in [2.45, 2.75) is 12.6 Å². The van der Waals surface area contributed by atoms with Crippen LogP contribution in [-0.2, 0) is 16.0 Å².